The van der Waals surface area contributed by atoms with Crippen molar-refractivity contribution in [3.8, 4) is 0 Å². The zero-order valence-corrected chi connectivity index (χ0v) is 26.2. The van der Waals surface area contributed by atoms with E-state index in [0.717, 1.165) is 27.5 Å². The lowest BCUT2D eigenvalue weighted by molar-refractivity contribution is -0.154. The average Bonchev–Trinajstić information content (AvgIpc) is 3.50. The number of hydrogen-bond acceptors (Lipinski definition) is 9. The highest BCUT2D eigenvalue weighted by Crippen LogP contribution is 2.44. The third-order valence-corrected chi connectivity index (χ3v) is 9.67. The highest BCUT2D eigenvalue weighted by atomic mass is 33.1. The highest BCUT2D eigenvalue weighted by molar-refractivity contribution is 8.76. The van der Waals surface area contributed by atoms with E-state index in [9.17, 15) is 19.5 Å². The Morgan fingerprint density at radius 3 is 2.11 bits per heavy atom. The van der Waals surface area contributed by atoms with E-state index in [-0.39, 0.29) is 18.0 Å². The van der Waals surface area contributed by atoms with Gasteiger partial charge < -0.3 is 19.6 Å². The summed E-state index contributed by atoms with van der Waals surface area (Å²) in [5, 5.41) is 13.1. The number of nitrogens with zero attached hydrogens (tertiary/aromatic N) is 2. The van der Waals surface area contributed by atoms with Crippen LogP contribution < -0.4 is 5.32 Å². The Labute approximate surface area is 273 Å². The Morgan fingerprint density at radius 2 is 1.50 bits per heavy atom. The summed E-state index contributed by atoms with van der Waals surface area (Å²) in [5.74, 6) is -2.21. The van der Waals surface area contributed by atoms with Crippen LogP contribution in [-0.2, 0) is 25.5 Å². The summed E-state index contributed by atoms with van der Waals surface area (Å²) in [6.45, 7) is 1.32. The van der Waals surface area contributed by atoms with E-state index in [1.807, 2.05) is 109 Å². The van der Waals surface area contributed by atoms with Gasteiger partial charge in [0.05, 0.1) is 6.42 Å². The number of ether oxygens (including phenoxy) is 1. The molecule has 0 bridgehead atoms. The number of aliphatic hydroxyl groups excluding tert-OH is 1. The van der Waals surface area contributed by atoms with Gasteiger partial charge in [0, 0.05) is 10.8 Å². The van der Waals surface area contributed by atoms with Crippen LogP contribution in [0, 0.1) is 0 Å². The third kappa shape index (κ3) is 6.80. The fraction of sp³-hybridized carbons (Fsp3) is 0.143. The molecule has 1 saturated heterocycles. The zero-order valence-electron chi connectivity index (χ0n) is 24.6. The average molecular weight is 652 g/mol. The predicted molar refractivity (Wildman–Crippen MR) is 176 cm³/mol. The molecule has 0 spiro atoms. The lowest BCUT2D eigenvalue weighted by Crippen LogP contribution is -2.69. The second kappa shape index (κ2) is 14.0. The van der Waals surface area contributed by atoms with E-state index in [2.05, 4.69) is 10.3 Å². The van der Waals surface area contributed by atoms with Crippen LogP contribution in [0.5, 0.6) is 0 Å². The fourth-order valence-electron chi connectivity index (χ4n) is 5.08. The molecule has 2 amide bonds. The van der Waals surface area contributed by atoms with Gasteiger partial charge in [0.2, 0.25) is 5.91 Å². The van der Waals surface area contributed by atoms with Crippen LogP contribution in [-0.4, -0.2) is 44.2 Å². The summed E-state index contributed by atoms with van der Waals surface area (Å²) in [6.07, 6.45) is -0.734. The molecule has 6 rings (SSSR count). The van der Waals surface area contributed by atoms with Crippen LogP contribution in [0.3, 0.4) is 0 Å². The molecule has 1 fully saturated rings. The van der Waals surface area contributed by atoms with Gasteiger partial charge in [-0.25, -0.2) is 9.78 Å². The number of para-hydroxylation sites is 2. The largest absolute Gasteiger partial charge is 0.510 e. The Balaban J connectivity index is 1.26. The van der Waals surface area contributed by atoms with Crippen molar-refractivity contribution in [3.63, 3.8) is 0 Å². The molecule has 1 aromatic heterocycles. The van der Waals surface area contributed by atoms with Crippen molar-refractivity contribution in [1.29, 1.82) is 0 Å². The molecule has 11 heteroatoms. The van der Waals surface area contributed by atoms with Crippen LogP contribution >= 0.6 is 21.6 Å². The van der Waals surface area contributed by atoms with Gasteiger partial charge in [0.25, 0.3) is 11.1 Å². The number of nitrogens with one attached hydrogen (secondary N) is 1. The minimum Gasteiger partial charge on any atom is -0.510 e. The number of likely N-dealkylation sites (tertiary alicyclic amines) is 1. The Hall–Kier alpha value is -5.00. The van der Waals surface area contributed by atoms with E-state index in [0.29, 0.717) is 16.3 Å². The second-order valence-corrected chi connectivity index (χ2v) is 12.7. The van der Waals surface area contributed by atoms with Crippen molar-refractivity contribution in [1.82, 2.24) is 15.2 Å². The van der Waals surface area contributed by atoms with E-state index >= 15 is 0 Å². The van der Waals surface area contributed by atoms with E-state index in [4.69, 9.17) is 9.15 Å². The number of carbonyl (C=O) groups is 3. The zero-order chi connectivity index (χ0) is 32.0. The summed E-state index contributed by atoms with van der Waals surface area (Å²) < 4.78 is 11.9. The number of rotatable bonds is 11. The fourth-order valence-corrected chi connectivity index (χ4v) is 7.46. The summed E-state index contributed by atoms with van der Waals surface area (Å²) in [5.41, 5.74) is 3.18. The summed E-state index contributed by atoms with van der Waals surface area (Å²) in [6, 6.07) is 33.9. The van der Waals surface area contributed by atoms with Crippen LogP contribution in [0.2, 0.25) is 0 Å². The van der Waals surface area contributed by atoms with Crippen LogP contribution in [0.4, 0.5) is 0 Å². The van der Waals surface area contributed by atoms with Crippen molar-refractivity contribution in [2.75, 3.05) is 0 Å². The molecule has 5 aromatic rings. The van der Waals surface area contributed by atoms with Gasteiger partial charge in [-0.1, -0.05) is 114 Å². The maximum Gasteiger partial charge on any atom is 0.359 e. The number of oxazole rings is 1. The molecule has 0 aliphatic carbocycles. The number of amides is 2. The van der Waals surface area contributed by atoms with Crippen molar-refractivity contribution in [3.05, 3.63) is 143 Å². The standard InChI is InChI=1S/C35H29N3O6S2/c1-22(39)30(34(42)44-31(24-15-7-3-8-16-24)25-17-9-4-10-18-25)38-32(41)29(37-28(40)21-23-13-5-2-6-14-23)33(38)45-46-35-36-26-19-11-12-20-27(26)43-35/h2-20,29,31,33,39H,21H2,1H3,(H,37,40)/b30-22+/t29-,33-/m1/s1. The Kier molecular flexibility index (Phi) is 9.41. The number of fused-ring (bicyclic) bond motifs is 1. The van der Waals surface area contributed by atoms with Crippen molar-refractivity contribution < 1.29 is 28.6 Å². The summed E-state index contributed by atoms with van der Waals surface area (Å²) in [7, 11) is 2.33. The molecule has 2 N–H and O–H groups in total. The van der Waals surface area contributed by atoms with Gasteiger partial charge in [0.15, 0.2) is 17.4 Å². The van der Waals surface area contributed by atoms with Gasteiger partial charge >= 0.3 is 5.97 Å². The molecule has 1 aliphatic heterocycles. The van der Waals surface area contributed by atoms with Crippen LogP contribution in [0.15, 0.2) is 136 Å². The first-order valence-corrected chi connectivity index (χ1v) is 16.7. The minimum absolute atomic E-state index is 0.0693. The summed E-state index contributed by atoms with van der Waals surface area (Å²) in [4.78, 5) is 46.2. The predicted octanol–water partition coefficient (Wildman–Crippen LogP) is 6.59. The number of esters is 1. The monoisotopic (exact) mass is 651 g/mol. The third-order valence-electron chi connectivity index (χ3n) is 7.27. The molecule has 232 valence electrons. The van der Waals surface area contributed by atoms with Gasteiger partial charge in [-0.2, -0.15) is 0 Å². The summed E-state index contributed by atoms with van der Waals surface area (Å²) >= 11 is 0. The molecule has 9 nitrogen and oxygen atoms in total. The van der Waals surface area contributed by atoms with Crippen LogP contribution in [0.1, 0.15) is 29.7 Å². The smallest absolute Gasteiger partial charge is 0.359 e. The van der Waals surface area contributed by atoms with Crippen molar-refractivity contribution >= 4 is 50.5 Å². The molecule has 0 saturated carbocycles. The lowest BCUT2D eigenvalue weighted by Gasteiger charge is -2.46. The van der Waals surface area contributed by atoms with Crippen LogP contribution in [0.25, 0.3) is 11.1 Å². The number of carbonyl (C=O) groups excluding carboxylic acids is 3. The van der Waals surface area contributed by atoms with Gasteiger partial charge in [-0.3, -0.25) is 14.5 Å². The highest BCUT2D eigenvalue weighted by Gasteiger charge is 2.53. The Bertz CT molecular complexity index is 1810. The molecule has 0 radical (unpaired) electrons. The molecular weight excluding hydrogens is 623 g/mol. The van der Waals surface area contributed by atoms with Crippen molar-refractivity contribution in [2.45, 2.75) is 36.1 Å². The Morgan fingerprint density at radius 1 is 0.913 bits per heavy atom. The molecule has 2 atom stereocenters. The molecule has 2 heterocycles. The minimum atomic E-state index is -0.987. The van der Waals surface area contributed by atoms with E-state index in [1.54, 1.807) is 6.07 Å². The number of β-lactam (4-membered cyclic amide) rings is 1. The number of allylic oxidation sites excluding steroid dienone is 1. The first-order chi connectivity index (χ1) is 22.4. The number of aliphatic hydroxyl groups is 1. The number of hydrogen-bond donors (Lipinski definition) is 2. The first kappa shape index (κ1) is 31.0. The van der Waals surface area contributed by atoms with Gasteiger partial charge in [-0.05, 0) is 35.7 Å². The van der Waals surface area contributed by atoms with E-state index in [1.165, 1.54) is 22.6 Å². The molecule has 4 aromatic carbocycles. The maximum atomic E-state index is 13.9. The topological polar surface area (TPSA) is 122 Å². The SMILES string of the molecule is C/C(O)=C(/C(=O)OC(c1ccccc1)c1ccccc1)N1C(=O)[C@@H](NC(=O)Cc2ccccc2)[C@H]1SSc1nc2ccccc2o1. The van der Waals surface area contributed by atoms with Gasteiger partial charge in [-0.15, -0.1) is 0 Å². The number of aromatic nitrogens is 1. The van der Waals surface area contributed by atoms with Crippen molar-refractivity contribution in [2.24, 2.45) is 0 Å². The number of benzene rings is 4. The lowest BCUT2D eigenvalue weighted by atomic mass is 10.0. The normalized spacial score (nSPS) is 16.6. The quantitative estimate of drug-likeness (QED) is 0.0536. The molecule has 1 aliphatic rings. The maximum absolute atomic E-state index is 13.9. The molecule has 0 unspecified atom stereocenters. The molecule has 46 heavy (non-hydrogen) atoms. The van der Waals surface area contributed by atoms with Gasteiger partial charge in [0.1, 0.15) is 22.7 Å². The second-order valence-electron chi connectivity index (χ2n) is 10.5. The van der Waals surface area contributed by atoms with E-state index < -0.39 is 35.2 Å². The first-order valence-electron chi connectivity index (χ1n) is 14.4. The molecular formula is C35H29N3O6S2.